The molecule has 4 rings (SSSR count). The number of likely N-dealkylation sites (N-methyl/N-ethyl adjacent to an activating group) is 1. The van der Waals surface area contributed by atoms with Crippen molar-refractivity contribution in [1.29, 1.82) is 0 Å². The van der Waals surface area contributed by atoms with E-state index in [1.807, 2.05) is 55.6 Å². The Morgan fingerprint density at radius 3 is 1.74 bits per heavy atom. The van der Waals surface area contributed by atoms with Gasteiger partial charge in [-0.3, -0.25) is 4.79 Å². The van der Waals surface area contributed by atoms with Crippen LogP contribution in [0.2, 0.25) is 10.0 Å². The number of carbonyl (C=O) groups excluding carboxylic acids is 2. The van der Waals surface area contributed by atoms with E-state index < -0.39 is 35.4 Å². The average Bonchev–Trinajstić information content (AvgIpc) is 3.06. The molecule has 0 bridgehead atoms. The number of ether oxygens (including phenoxy) is 2. The summed E-state index contributed by atoms with van der Waals surface area (Å²) in [4.78, 5) is 27.2. The maximum absolute atomic E-state index is 13.7. The minimum Gasteiger partial charge on any atom is -0.492 e. The summed E-state index contributed by atoms with van der Waals surface area (Å²) >= 11 is 12.3. The fraction of sp³-hybridized carbons (Fsp3) is 0.350. The molecule has 0 saturated heterocycles. The third kappa shape index (κ3) is 11.3. The number of rotatable bonds is 14. The lowest BCUT2D eigenvalue weighted by Gasteiger charge is -2.25. The highest BCUT2D eigenvalue weighted by atomic mass is 35.5. The fourth-order valence-corrected chi connectivity index (χ4v) is 5.94. The van der Waals surface area contributed by atoms with Gasteiger partial charge in [-0.1, -0.05) is 78.7 Å². The number of alkyl halides is 3. The second-order valence-electron chi connectivity index (χ2n) is 13.5. The molecule has 0 radical (unpaired) electrons. The molecule has 4 aromatic carbocycles. The third-order valence-corrected chi connectivity index (χ3v) is 8.95. The van der Waals surface area contributed by atoms with Crippen molar-refractivity contribution < 1.29 is 32.2 Å². The van der Waals surface area contributed by atoms with Crippen molar-refractivity contribution in [3.05, 3.63) is 135 Å². The smallest absolute Gasteiger partial charge is 0.450 e. The Bertz CT molecular complexity index is 1660. The van der Waals surface area contributed by atoms with Crippen molar-refractivity contribution in [2.24, 2.45) is 5.92 Å². The third-order valence-electron chi connectivity index (χ3n) is 8.45. The monoisotopic (exact) mass is 727 g/mol. The van der Waals surface area contributed by atoms with E-state index in [2.05, 4.69) is 4.90 Å². The lowest BCUT2D eigenvalue weighted by molar-refractivity contribution is -0.176. The Labute approximate surface area is 302 Å². The molecule has 50 heavy (non-hydrogen) atoms. The Hall–Kier alpha value is -3.85. The molecule has 0 saturated carbocycles. The van der Waals surface area contributed by atoms with Gasteiger partial charge in [0.1, 0.15) is 18.0 Å². The fourth-order valence-electron chi connectivity index (χ4n) is 5.69. The lowest BCUT2D eigenvalue weighted by Crippen LogP contribution is -2.34. The van der Waals surface area contributed by atoms with Crippen LogP contribution in [-0.4, -0.2) is 55.2 Å². The van der Waals surface area contributed by atoms with Crippen molar-refractivity contribution in [3.8, 4) is 5.75 Å². The normalized spacial score (nSPS) is 13.3. The van der Waals surface area contributed by atoms with E-state index in [-0.39, 0.29) is 17.9 Å². The molecule has 0 fully saturated rings. The molecular formula is C40H42Cl2F3NO4. The highest BCUT2D eigenvalue weighted by molar-refractivity contribution is 6.30. The number of benzene rings is 4. The predicted molar refractivity (Wildman–Crippen MR) is 192 cm³/mol. The molecule has 266 valence electrons. The Kier molecular flexibility index (Phi) is 13.2. The molecule has 0 aliphatic rings. The summed E-state index contributed by atoms with van der Waals surface area (Å²) in [6, 6.07) is 28.5. The second-order valence-corrected chi connectivity index (χ2v) is 14.4. The molecule has 2 unspecified atom stereocenters. The zero-order valence-corrected chi connectivity index (χ0v) is 30.3. The number of esters is 1. The number of Topliss-reactive ketones (excluding diaryl/α,β-unsaturated/α-hetero) is 1. The number of hydrogen-bond donors (Lipinski definition) is 0. The van der Waals surface area contributed by atoms with Crippen molar-refractivity contribution in [1.82, 2.24) is 4.90 Å². The largest absolute Gasteiger partial charge is 0.492 e. The maximum Gasteiger partial charge on any atom is 0.450 e. The van der Waals surface area contributed by atoms with Crippen molar-refractivity contribution in [3.63, 3.8) is 0 Å². The first-order chi connectivity index (χ1) is 23.5. The van der Waals surface area contributed by atoms with Gasteiger partial charge in [0.05, 0.1) is 5.56 Å². The van der Waals surface area contributed by atoms with Crippen LogP contribution in [0.3, 0.4) is 0 Å². The van der Waals surface area contributed by atoms with Gasteiger partial charge >= 0.3 is 12.1 Å². The van der Waals surface area contributed by atoms with Gasteiger partial charge in [0.25, 0.3) is 0 Å². The predicted octanol–water partition coefficient (Wildman–Crippen LogP) is 10.2. The molecule has 5 nitrogen and oxygen atoms in total. The van der Waals surface area contributed by atoms with Gasteiger partial charge in [0.2, 0.25) is 5.78 Å². The second kappa shape index (κ2) is 16.9. The summed E-state index contributed by atoms with van der Waals surface area (Å²) < 4.78 is 52.5. The van der Waals surface area contributed by atoms with Crippen LogP contribution in [0.15, 0.2) is 97.1 Å². The highest BCUT2D eigenvalue weighted by Crippen LogP contribution is 2.34. The summed E-state index contributed by atoms with van der Waals surface area (Å²) in [5.74, 6) is -3.82. The van der Waals surface area contributed by atoms with E-state index in [0.717, 1.165) is 11.1 Å². The number of halogens is 5. The van der Waals surface area contributed by atoms with E-state index in [1.165, 1.54) is 12.1 Å². The Morgan fingerprint density at radius 2 is 1.26 bits per heavy atom. The van der Waals surface area contributed by atoms with Crippen LogP contribution in [-0.2, 0) is 16.0 Å². The lowest BCUT2D eigenvalue weighted by atomic mass is 9.80. The number of ketones is 1. The molecule has 0 heterocycles. The quantitative estimate of drug-likeness (QED) is 0.121. The molecule has 4 aromatic rings. The van der Waals surface area contributed by atoms with E-state index >= 15 is 0 Å². The summed E-state index contributed by atoms with van der Waals surface area (Å²) in [6.45, 7) is 8.54. The SMILES string of the molecule is CC(c1ccc(C(=O)OC(C)(C)C)cc1)C(Cc1ccc(OCCN(C)CC(c2ccc(Cl)cc2)c2ccc(Cl)cc2)cc1)C(=O)C(F)(F)F. The van der Waals surface area contributed by atoms with Gasteiger partial charge in [-0.05, 0) is 111 Å². The van der Waals surface area contributed by atoms with Gasteiger partial charge < -0.3 is 14.4 Å². The summed E-state index contributed by atoms with van der Waals surface area (Å²) in [5, 5.41) is 1.33. The molecule has 2 atom stereocenters. The number of carbonyl (C=O) groups is 2. The van der Waals surface area contributed by atoms with Crippen LogP contribution in [0.4, 0.5) is 13.2 Å². The van der Waals surface area contributed by atoms with E-state index in [9.17, 15) is 22.8 Å². The van der Waals surface area contributed by atoms with E-state index in [4.69, 9.17) is 32.7 Å². The van der Waals surface area contributed by atoms with Gasteiger partial charge in [0.15, 0.2) is 0 Å². The first-order valence-corrected chi connectivity index (χ1v) is 17.1. The molecular weight excluding hydrogens is 686 g/mol. The minimum absolute atomic E-state index is 0.0754. The topological polar surface area (TPSA) is 55.8 Å². The molecule has 0 aliphatic carbocycles. The van der Waals surface area contributed by atoms with Gasteiger partial charge in [-0.2, -0.15) is 13.2 Å². The molecule has 0 aliphatic heterocycles. The highest BCUT2D eigenvalue weighted by Gasteiger charge is 2.45. The number of nitrogens with zero attached hydrogens (tertiary/aromatic N) is 1. The Morgan fingerprint density at radius 1 is 0.760 bits per heavy atom. The van der Waals surface area contributed by atoms with Crippen molar-refractivity contribution in [2.75, 3.05) is 26.7 Å². The molecule has 0 spiro atoms. The van der Waals surface area contributed by atoms with E-state index in [1.54, 1.807) is 64.1 Å². The first-order valence-electron chi connectivity index (χ1n) is 16.4. The number of hydrogen-bond acceptors (Lipinski definition) is 5. The molecule has 10 heteroatoms. The maximum atomic E-state index is 13.7. The Balaban J connectivity index is 1.38. The van der Waals surface area contributed by atoms with Gasteiger partial charge in [-0.25, -0.2) is 4.79 Å². The zero-order valence-electron chi connectivity index (χ0n) is 28.8. The van der Waals surface area contributed by atoms with Crippen LogP contribution in [0.5, 0.6) is 5.75 Å². The van der Waals surface area contributed by atoms with Crippen LogP contribution in [0.25, 0.3) is 0 Å². The van der Waals surface area contributed by atoms with Crippen LogP contribution < -0.4 is 4.74 Å². The summed E-state index contributed by atoms with van der Waals surface area (Å²) in [6.07, 6.45) is -5.11. The average molecular weight is 729 g/mol. The van der Waals surface area contributed by atoms with Gasteiger partial charge in [0, 0.05) is 35.0 Å². The molecule has 0 aromatic heterocycles. The minimum atomic E-state index is -5.00. The van der Waals surface area contributed by atoms with Crippen LogP contribution in [0.1, 0.15) is 72.1 Å². The van der Waals surface area contributed by atoms with Crippen LogP contribution >= 0.6 is 23.2 Å². The summed E-state index contributed by atoms with van der Waals surface area (Å²) in [5.41, 5.74) is 2.91. The van der Waals surface area contributed by atoms with E-state index in [0.29, 0.717) is 46.6 Å². The zero-order chi connectivity index (χ0) is 36.6. The molecule has 0 N–H and O–H groups in total. The van der Waals surface area contributed by atoms with Crippen LogP contribution in [0, 0.1) is 5.92 Å². The van der Waals surface area contributed by atoms with Crippen molar-refractivity contribution >= 4 is 35.0 Å². The van der Waals surface area contributed by atoms with Crippen molar-refractivity contribution in [2.45, 2.75) is 57.7 Å². The first kappa shape index (κ1) is 38.9. The molecule has 0 amide bonds. The summed E-state index contributed by atoms with van der Waals surface area (Å²) in [7, 11) is 2.01. The van der Waals surface area contributed by atoms with Gasteiger partial charge in [-0.15, -0.1) is 0 Å². The standard InChI is InChI=1S/C40H42Cl2F3NO4/c1-26(28-8-10-31(11-9-28)38(48)50-39(2,3)4)35(37(47)40(43,44)45)24-27-6-20-34(21-7-27)49-23-22-46(5)25-36(29-12-16-32(41)17-13-29)30-14-18-33(42)19-15-30/h6-21,26,35-36H,22-25H2,1-5H3.